The third-order valence-electron chi connectivity index (χ3n) is 4.14. The lowest BCUT2D eigenvalue weighted by atomic mass is 10.1. The Bertz CT molecular complexity index is 374. The molecule has 1 atom stereocenters. The number of hydrogen-bond acceptors (Lipinski definition) is 3. The van der Waals surface area contributed by atoms with E-state index < -0.39 is 0 Å². The number of ether oxygens (including phenoxy) is 1. The first-order valence-corrected chi connectivity index (χ1v) is 8.84. The van der Waals surface area contributed by atoms with Crippen molar-refractivity contribution in [1.82, 2.24) is 4.90 Å². The number of benzene rings is 1. The van der Waals surface area contributed by atoms with Crippen LogP contribution in [-0.2, 0) is 0 Å². The number of nitrogens with zero attached hydrogens (tertiary/aromatic N) is 1. The van der Waals surface area contributed by atoms with Gasteiger partial charge in [0, 0.05) is 6.54 Å². The average Bonchev–Trinajstić information content (AvgIpc) is 2.56. The fourth-order valence-corrected chi connectivity index (χ4v) is 2.52. The fourth-order valence-electron chi connectivity index (χ4n) is 2.52. The van der Waals surface area contributed by atoms with Crippen LogP contribution in [0.4, 0.5) is 0 Å². The summed E-state index contributed by atoms with van der Waals surface area (Å²) in [6.45, 7) is 10.3. The smallest absolute Gasteiger partial charge is 0.119 e. The van der Waals surface area contributed by atoms with Crippen molar-refractivity contribution in [1.29, 1.82) is 0 Å². The first kappa shape index (κ1) is 19.0. The van der Waals surface area contributed by atoms with Gasteiger partial charge in [-0.05, 0) is 43.6 Å². The van der Waals surface area contributed by atoms with Crippen LogP contribution in [0.25, 0.3) is 0 Å². The highest BCUT2D eigenvalue weighted by atomic mass is 16.5. The molecule has 1 aromatic rings. The summed E-state index contributed by atoms with van der Waals surface area (Å²) in [6, 6.07) is 7.90. The Balaban J connectivity index is 2.33. The van der Waals surface area contributed by atoms with Gasteiger partial charge in [-0.1, -0.05) is 52.2 Å². The van der Waals surface area contributed by atoms with Gasteiger partial charge in [-0.15, -0.1) is 0 Å². The molecule has 1 rings (SSSR count). The van der Waals surface area contributed by atoms with Gasteiger partial charge >= 0.3 is 0 Å². The molecule has 0 aromatic heterocycles. The number of rotatable bonds is 12. The van der Waals surface area contributed by atoms with Crippen molar-refractivity contribution in [2.24, 2.45) is 0 Å². The number of unbranched alkanes of at least 4 members (excludes halogenated alkanes) is 3. The molecule has 0 spiro atoms. The molecule has 0 bridgehead atoms. The van der Waals surface area contributed by atoms with Crippen LogP contribution in [-0.4, -0.2) is 36.2 Å². The van der Waals surface area contributed by atoms with Gasteiger partial charge in [-0.2, -0.15) is 0 Å². The molecule has 0 radical (unpaired) electrons. The Morgan fingerprint density at radius 1 is 1.00 bits per heavy atom. The second kappa shape index (κ2) is 11.5. The Labute approximate surface area is 136 Å². The van der Waals surface area contributed by atoms with Crippen molar-refractivity contribution < 1.29 is 9.84 Å². The fraction of sp³-hybridized carbons (Fsp3) is 0.684. The predicted molar refractivity (Wildman–Crippen MR) is 93.4 cm³/mol. The highest BCUT2D eigenvalue weighted by molar-refractivity contribution is 5.28. The highest BCUT2D eigenvalue weighted by Gasteiger charge is 2.09. The topological polar surface area (TPSA) is 32.7 Å². The second-order valence-electron chi connectivity index (χ2n) is 5.81. The Kier molecular flexibility index (Phi) is 9.93. The van der Waals surface area contributed by atoms with Gasteiger partial charge in [-0.25, -0.2) is 0 Å². The van der Waals surface area contributed by atoms with Gasteiger partial charge in [0.15, 0.2) is 0 Å². The summed E-state index contributed by atoms with van der Waals surface area (Å²) >= 11 is 0. The molecule has 1 N–H and O–H groups in total. The molecular weight excluding hydrogens is 274 g/mol. The first-order valence-electron chi connectivity index (χ1n) is 8.84. The van der Waals surface area contributed by atoms with E-state index in [1.54, 1.807) is 0 Å². The van der Waals surface area contributed by atoms with Crippen molar-refractivity contribution in [3.05, 3.63) is 29.8 Å². The van der Waals surface area contributed by atoms with E-state index in [0.717, 1.165) is 50.4 Å². The van der Waals surface area contributed by atoms with Crippen LogP contribution >= 0.6 is 0 Å². The van der Waals surface area contributed by atoms with E-state index in [2.05, 4.69) is 25.7 Å². The van der Waals surface area contributed by atoms with E-state index in [4.69, 9.17) is 4.74 Å². The minimum absolute atomic E-state index is 0.390. The minimum Gasteiger partial charge on any atom is -0.494 e. The number of aliphatic hydroxyl groups excluding tert-OH is 1. The normalized spacial score (nSPS) is 12.6. The monoisotopic (exact) mass is 307 g/mol. The minimum atomic E-state index is -0.390. The Morgan fingerprint density at radius 3 is 2.27 bits per heavy atom. The first-order chi connectivity index (χ1) is 10.7. The summed E-state index contributed by atoms with van der Waals surface area (Å²) in [5, 5.41) is 10.3. The average molecular weight is 307 g/mol. The van der Waals surface area contributed by atoms with E-state index in [0.29, 0.717) is 0 Å². The summed E-state index contributed by atoms with van der Waals surface area (Å²) < 4.78 is 5.73. The highest BCUT2D eigenvalue weighted by Crippen LogP contribution is 2.20. The summed E-state index contributed by atoms with van der Waals surface area (Å²) in [5.74, 6) is 0.899. The van der Waals surface area contributed by atoms with Crippen LogP contribution in [0.3, 0.4) is 0 Å². The summed E-state index contributed by atoms with van der Waals surface area (Å²) in [4.78, 5) is 2.33. The van der Waals surface area contributed by atoms with E-state index >= 15 is 0 Å². The zero-order valence-corrected chi connectivity index (χ0v) is 14.6. The van der Waals surface area contributed by atoms with Crippen LogP contribution in [0.1, 0.15) is 64.5 Å². The lowest BCUT2D eigenvalue weighted by Crippen LogP contribution is -2.25. The molecule has 0 amide bonds. The molecular formula is C19H33NO2. The third kappa shape index (κ3) is 7.28. The lowest BCUT2D eigenvalue weighted by molar-refractivity contribution is 0.145. The van der Waals surface area contributed by atoms with Crippen molar-refractivity contribution in [3.63, 3.8) is 0 Å². The van der Waals surface area contributed by atoms with Gasteiger partial charge in [0.25, 0.3) is 0 Å². The second-order valence-corrected chi connectivity index (χ2v) is 5.81. The maximum atomic E-state index is 10.3. The maximum absolute atomic E-state index is 10.3. The Hall–Kier alpha value is -1.06. The van der Waals surface area contributed by atoms with E-state index in [9.17, 15) is 5.11 Å². The summed E-state index contributed by atoms with van der Waals surface area (Å²) in [6.07, 6.45) is 5.26. The zero-order chi connectivity index (χ0) is 16.2. The van der Waals surface area contributed by atoms with E-state index in [1.807, 2.05) is 24.3 Å². The number of hydrogen-bond donors (Lipinski definition) is 1. The molecule has 0 saturated heterocycles. The van der Waals surface area contributed by atoms with Crippen LogP contribution in [0.5, 0.6) is 5.75 Å². The molecule has 1 aromatic carbocycles. The van der Waals surface area contributed by atoms with Gasteiger partial charge in [0.05, 0.1) is 12.7 Å². The van der Waals surface area contributed by atoms with Gasteiger partial charge in [0.1, 0.15) is 5.75 Å². The standard InChI is InChI=1S/C19H33NO2/c1-4-7-8-9-16-22-18-12-10-17(11-13-18)19(21)14-15-20(5-2)6-3/h10-13,19,21H,4-9,14-16H2,1-3H3. The molecule has 3 heteroatoms. The molecule has 0 aliphatic carbocycles. The van der Waals surface area contributed by atoms with Crippen molar-refractivity contribution in [2.45, 2.75) is 59.0 Å². The van der Waals surface area contributed by atoms with Gasteiger partial charge in [0.2, 0.25) is 0 Å². The largest absolute Gasteiger partial charge is 0.494 e. The Morgan fingerprint density at radius 2 is 1.68 bits per heavy atom. The quantitative estimate of drug-likeness (QED) is 0.581. The molecule has 0 fully saturated rings. The lowest BCUT2D eigenvalue weighted by Gasteiger charge is -2.20. The van der Waals surface area contributed by atoms with Crippen LogP contribution < -0.4 is 4.74 Å². The summed E-state index contributed by atoms with van der Waals surface area (Å²) in [7, 11) is 0. The van der Waals surface area contributed by atoms with Crippen molar-refractivity contribution in [2.75, 3.05) is 26.2 Å². The SMILES string of the molecule is CCCCCCOc1ccc(C(O)CCN(CC)CC)cc1. The molecule has 1 unspecified atom stereocenters. The molecule has 0 heterocycles. The molecule has 0 aliphatic heterocycles. The summed E-state index contributed by atoms with van der Waals surface area (Å²) in [5.41, 5.74) is 0.977. The molecule has 0 saturated carbocycles. The van der Waals surface area contributed by atoms with Gasteiger partial charge < -0.3 is 14.7 Å². The predicted octanol–water partition coefficient (Wildman–Crippen LogP) is 4.41. The van der Waals surface area contributed by atoms with E-state index in [-0.39, 0.29) is 6.10 Å². The van der Waals surface area contributed by atoms with Crippen LogP contribution in [0.2, 0.25) is 0 Å². The molecule has 0 aliphatic rings. The molecule has 3 nitrogen and oxygen atoms in total. The van der Waals surface area contributed by atoms with E-state index in [1.165, 1.54) is 19.3 Å². The maximum Gasteiger partial charge on any atom is 0.119 e. The van der Waals surface area contributed by atoms with Crippen LogP contribution in [0.15, 0.2) is 24.3 Å². The van der Waals surface area contributed by atoms with Crippen molar-refractivity contribution in [3.8, 4) is 5.75 Å². The number of aliphatic hydroxyl groups is 1. The van der Waals surface area contributed by atoms with Gasteiger partial charge in [-0.3, -0.25) is 0 Å². The van der Waals surface area contributed by atoms with Crippen LogP contribution in [0, 0.1) is 0 Å². The molecule has 22 heavy (non-hydrogen) atoms. The molecule has 126 valence electrons. The van der Waals surface area contributed by atoms with Crippen molar-refractivity contribution >= 4 is 0 Å². The zero-order valence-electron chi connectivity index (χ0n) is 14.6. The third-order valence-corrected chi connectivity index (χ3v) is 4.14.